The normalized spacial score (nSPS) is 11.1. The maximum absolute atomic E-state index is 8.88. The minimum Gasteiger partial charge on any atom is -0.303 e. The maximum atomic E-state index is 8.88. The molecule has 0 saturated heterocycles. The highest BCUT2D eigenvalue weighted by Crippen LogP contribution is 2.26. The monoisotopic (exact) mass is 324 g/mol. The summed E-state index contributed by atoms with van der Waals surface area (Å²) >= 11 is 0. The van der Waals surface area contributed by atoms with Gasteiger partial charge in [0, 0.05) is 0 Å². The maximum Gasteiger partial charge on any atom is 0.466 e. The van der Waals surface area contributed by atoms with E-state index in [1.165, 1.54) is 0 Å². The lowest BCUT2D eigenvalue weighted by Gasteiger charge is -1.82. The number of hydrogen-bond acceptors (Lipinski definition) is 3. The topological polar surface area (TPSA) is 233 Å². The summed E-state index contributed by atoms with van der Waals surface area (Å²) in [4.78, 5) is 64.7. The van der Waals surface area contributed by atoms with Crippen LogP contribution in [0.25, 0.3) is 0 Å². The largest absolute Gasteiger partial charge is 0.466 e. The summed E-state index contributed by atoms with van der Waals surface area (Å²) in [5.74, 6) is 0. The number of rotatable bonds is 0. The second-order valence-corrected chi connectivity index (χ2v) is 4.62. The van der Waals surface area contributed by atoms with Crippen molar-refractivity contribution in [3.8, 4) is 0 Å². The number of hydrogen-bond donors (Lipinski definition) is 9. The Labute approximate surface area is 99.1 Å². The smallest absolute Gasteiger partial charge is 0.303 e. The lowest BCUT2D eigenvalue weighted by Crippen LogP contribution is -1.66. The highest BCUT2D eigenvalue weighted by atomic mass is 31.2. The fourth-order valence-electron chi connectivity index (χ4n) is 0. The molecule has 0 rings (SSSR count). The Morgan fingerprint density at radius 3 is 0.438 bits per heavy atom. The molecule has 0 aromatic rings. The predicted octanol–water partition coefficient (Wildman–Crippen LogP) is -3.97. The average Bonchev–Trinajstić information content (AvgIpc) is 1.41. The van der Waals surface area contributed by atoms with E-state index in [2.05, 4.69) is 0 Å². The van der Waals surface area contributed by atoms with E-state index in [1.54, 1.807) is 0 Å². The van der Waals surface area contributed by atoms with Gasteiger partial charge in [-0.15, -0.1) is 0 Å². The third-order valence-electron chi connectivity index (χ3n) is 0. The summed E-state index contributed by atoms with van der Waals surface area (Å²) in [5, 5.41) is 0. The van der Waals surface area contributed by atoms with Gasteiger partial charge < -0.3 is 44.0 Å². The summed E-state index contributed by atoms with van der Waals surface area (Å²) in [7, 11) is -13.9. The molecule has 0 heterocycles. The van der Waals surface area contributed by atoms with Gasteiger partial charge in [0.05, 0.1) is 0 Å². The Bertz CT molecular complexity index is 202. The van der Waals surface area contributed by atoms with Crippen LogP contribution in [0.2, 0.25) is 0 Å². The molecule has 0 atom stereocenters. The van der Waals surface area contributed by atoms with Crippen molar-refractivity contribution in [1.29, 1.82) is 0 Å². The summed E-state index contributed by atoms with van der Waals surface area (Å²) in [5.41, 5.74) is 0. The van der Waals surface area contributed by atoms with E-state index < -0.39 is 23.5 Å². The van der Waals surface area contributed by atoms with E-state index in [-0.39, 0.29) is 17.4 Å². The molecule has 0 aliphatic carbocycles. The van der Waals surface area contributed by atoms with Crippen LogP contribution < -0.4 is 0 Å². The van der Waals surface area contributed by atoms with Crippen molar-refractivity contribution in [2.75, 3.05) is 0 Å². The van der Waals surface area contributed by atoms with Crippen LogP contribution >= 0.6 is 23.5 Å². The molecule has 0 aliphatic rings. The van der Waals surface area contributed by atoms with Crippen LogP contribution in [0.3, 0.4) is 0 Å². The first-order chi connectivity index (χ1) is 6.00. The molecule has 0 fully saturated rings. The molecule has 0 radical (unpaired) electrons. The molecule has 0 aromatic carbocycles. The van der Waals surface area contributed by atoms with Crippen molar-refractivity contribution in [3.63, 3.8) is 0 Å². The van der Waals surface area contributed by atoms with Crippen LogP contribution in [-0.2, 0) is 13.7 Å². The fraction of sp³-hybridized carbons (Fsp3) is 0. The highest BCUT2D eigenvalue weighted by Gasteiger charge is 2.01. The van der Waals surface area contributed by atoms with Gasteiger partial charge >= 0.3 is 23.5 Å². The summed E-state index contributed by atoms with van der Waals surface area (Å²) < 4.78 is 26.6. The molecule has 16 heavy (non-hydrogen) atoms. The van der Waals surface area contributed by atoms with Gasteiger partial charge in [-0.2, -0.15) is 0 Å². The quantitative estimate of drug-likeness (QED) is 0.153. The lowest BCUT2D eigenvalue weighted by molar-refractivity contribution is 0.272. The molecule has 12 nitrogen and oxygen atoms in total. The summed E-state index contributed by atoms with van der Waals surface area (Å²) in [6.45, 7) is 0. The zero-order valence-electron chi connectivity index (χ0n) is 6.59. The molecule has 0 bridgehead atoms. The fourth-order valence-corrected chi connectivity index (χ4v) is 0. The van der Waals surface area contributed by atoms with Crippen LogP contribution in [0.5, 0.6) is 0 Å². The Morgan fingerprint density at radius 2 is 0.438 bits per heavy atom. The molecule has 0 amide bonds. The first kappa shape index (κ1) is 25.6. The zero-order valence-corrected chi connectivity index (χ0v) is 9.27. The Hall–Kier alpha value is 0.862. The molecule has 0 spiro atoms. The average molecular weight is 324 g/mol. The van der Waals surface area contributed by atoms with Gasteiger partial charge in [-0.05, 0) is 0 Å². The molecule has 16 heteroatoms. The van der Waals surface area contributed by atoms with Gasteiger partial charge in [0.1, 0.15) is 0 Å². The number of phosphoric acid groups is 3. The second kappa shape index (κ2) is 9.85. The standard InChI is InChI=1S/Al.3H3O4P.3H/c;3*1-5(2,3)4;;;/h;3*(H3,1,2,3,4);;;. The Balaban J connectivity index is -0.0000000655. The molecule has 9 N–H and O–H groups in total. The van der Waals surface area contributed by atoms with Crippen LogP contribution in [0.15, 0.2) is 0 Å². The molecule has 0 aromatic heterocycles. The summed E-state index contributed by atoms with van der Waals surface area (Å²) in [6.07, 6.45) is 0. The van der Waals surface area contributed by atoms with Crippen LogP contribution in [-0.4, -0.2) is 61.4 Å². The van der Waals surface area contributed by atoms with Gasteiger partial charge in [0.15, 0.2) is 17.4 Å². The van der Waals surface area contributed by atoms with Gasteiger partial charge in [0.2, 0.25) is 0 Å². The highest BCUT2D eigenvalue weighted by molar-refractivity contribution is 7.45. The van der Waals surface area contributed by atoms with Crippen molar-refractivity contribution >= 4 is 40.8 Å². The van der Waals surface area contributed by atoms with E-state index >= 15 is 0 Å². The second-order valence-electron chi connectivity index (χ2n) is 1.54. The molecule has 0 saturated carbocycles. The Kier molecular flexibility index (Phi) is 15.8. The van der Waals surface area contributed by atoms with Gasteiger partial charge in [-0.1, -0.05) is 0 Å². The van der Waals surface area contributed by atoms with Gasteiger partial charge in [0.25, 0.3) is 0 Å². The lowest BCUT2D eigenvalue weighted by atomic mass is 15.8. The first-order valence-corrected chi connectivity index (χ1v) is 7.04. The first-order valence-electron chi connectivity index (χ1n) is 2.35. The van der Waals surface area contributed by atoms with Crippen LogP contribution in [0.1, 0.15) is 0 Å². The molecular weight excluding hydrogens is 312 g/mol. The van der Waals surface area contributed by atoms with Crippen molar-refractivity contribution in [2.24, 2.45) is 0 Å². The summed E-state index contributed by atoms with van der Waals surface area (Å²) in [6, 6.07) is 0. The SMILES string of the molecule is O=P(O)(O)O.O=P(O)(O)O.O=P(O)(O)O.[AlH3]. The van der Waals surface area contributed by atoms with Crippen molar-refractivity contribution < 1.29 is 57.7 Å². The third-order valence-corrected chi connectivity index (χ3v) is 0. The molecule has 0 aliphatic heterocycles. The van der Waals surface area contributed by atoms with Crippen LogP contribution in [0.4, 0.5) is 0 Å². The molecule has 102 valence electrons. The Morgan fingerprint density at radius 1 is 0.438 bits per heavy atom. The van der Waals surface area contributed by atoms with E-state index in [4.69, 9.17) is 57.7 Å². The minimum absolute atomic E-state index is 0. The molecule has 0 unspecified atom stereocenters. The van der Waals surface area contributed by atoms with Crippen molar-refractivity contribution in [1.82, 2.24) is 0 Å². The van der Waals surface area contributed by atoms with E-state index in [9.17, 15) is 0 Å². The van der Waals surface area contributed by atoms with Gasteiger partial charge in [-0.25, -0.2) is 13.7 Å². The molecular formula is H12AlO12P3. The minimum atomic E-state index is -4.64. The van der Waals surface area contributed by atoms with Crippen molar-refractivity contribution in [2.45, 2.75) is 0 Å². The van der Waals surface area contributed by atoms with Crippen molar-refractivity contribution in [3.05, 3.63) is 0 Å². The van der Waals surface area contributed by atoms with Crippen LogP contribution in [0, 0.1) is 0 Å². The third kappa shape index (κ3) is 3840. The van der Waals surface area contributed by atoms with Gasteiger partial charge in [-0.3, -0.25) is 0 Å². The predicted molar refractivity (Wildman–Crippen MR) is 52.7 cm³/mol. The van der Waals surface area contributed by atoms with E-state index in [1.807, 2.05) is 0 Å². The zero-order chi connectivity index (χ0) is 13.5. The van der Waals surface area contributed by atoms with E-state index in [0.717, 1.165) is 0 Å². The van der Waals surface area contributed by atoms with E-state index in [0.29, 0.717) is 0 Å².